The van der Waals surface area contributed by atoms with E-state index in [-0.39, 0.29) is 5.41 Å². The Morgan fingerprint density at radius 1 is 1.12 bits per heavy atom. The van der Waals surface area contributed by atoms with Crippen molar-refractivity contribution in [2.45, 2.75) is 33.8 Å². The predicted molar refractivity (Wildman–Crippen MR) is 69.3 cm³/mol. The molecule has 0 heterocycles. The highest BCUT2D eigenvalue weighted by molar-refractivity contribution is 7.86. The summed E-state index contributed by atoms with van der Waals surface area (Å²) in [7, 11) is -3.46. The van der Waals surface area contributed by atoms with Gasteiger partial charge in [-0.25, -0.2) is 0 Å². The van der Waals surface area contributed by atoms with Crippen LogP contribution < -0.4 is 0 Å². The van der Waals surface area contributed by atoms with E-state index in [4.69, 9.17) is 4.18 Å². The summed E-state index contributed by atoms with van der Waals surface area (Å²) < 4.78 is 27.8. The number of aryl methyl sites for hydroxylation is 1. The second-order valence-electron chi connectivity index (χ2n) is 5.46. The second kappa shape index (κ2) is 4.78. The van der Waals surface area contributed by atoms with E-state index in [1.54, 1.807) is 0 Å². The summed E-state index contributed by atoms with van der Waals surface area (Å²) in [5.41, 5.74) is 1.74. The molecule has 0 fully saturated rings. The van der Waals surface area contributed by atoms with Crippen molar-refractivity contribution >= 4 is 10.1 Å². The van der Waals surface area contributed by atoms with Crippen LogP contribution in [0.2, 0.25) is 0 Å². The van der Waals surface area contributed by atoms with Gasteiger partial charge >= 0.3 is 0 Å². The molecule has 1 unspecified atom stereocenters. The van der Waals surface area contributed by atoms with Crippen molar-refractivity contribution in [1.29, 1.82) is 0 Å². The molecule has 1 atom stereocenters. The summed E-state index contributed by atoms with van der Waals surface area (Å²) in [6.45, 7) is 7.88. The lowest BCUT2D eigenvalue weighted by atomic mass is 9.85. The molecule has 0 aliphatic rings. The van der Waals surface area contributed by atoms with E-state index >= 15 is 0 Å². The Hall–Kier alpha value is -0.870. The minimum atomic E-state index is -3.46. The zero-order valence-electron chi connectivity index (χ0n) is 11.0. The normalized spacial score (nSPS) is 14.6. The standard InChI is InChI=1S/C13H20O3S/c1-10-6-8-11(9-7-10)12(13(2,3)4)16-17(5,14)15/h6-9,12H,1-5H3. The molecule has 0 amide bonds. The third-order valence-electron chi connectivity index (χ3n) is 2.44. The van der Waals surface area contributed by atoms with Crippen LogP contribution in [0.1, 0.15) is 38.0 Å². The van der Waals surface area contributed by atoms with E-state index in [0.717, 1.165) is 17.4 Å². The Morgan fingerprint density at radius 2 is 1.59 bits per heavy atom. The van der Waals surface area contributed by atoms with Gasteiger partial charge in [0.05, 0.1) is 6.26 Å². The van der Waals surface area contributed by atoms with Crippen LogP contribution in [-0.2, 0) is 14.3 Å². The van der Waals surface area contributed by atoms with Gasteiger partial charge in [-0.1, -0.05) is 50.6 Å². The van der Waals surface area contributed by atoms with Gasteiger partial charge in [-0.15, -0.1) is 0 Å². The Morgan fingerprint density at radius 3 is 1.94 bits per heavy atom. The van der Waals surface area contributed by atoms with Gasteiger partial charge in [-0.05, 0) is 17.9 Å². The summed E-state index contributed by atoms with van der Waals surface area (Å²) in [5, 5.41) is 0. The monoisotopic (exact) mass is 256 g/mol. The van der Waals surface area contributed by atoms with Crippen molar-refractivity contribution in [3.05, 3.63) is 35.4 Å². The molecule has 0 spiro atoms. The third kappa shape index (κ3) is 4.48. The van der Waals surface area contributed by atoms with Gasteiger partial charge in [0, 0.05) is 0 Å². The topological polar surface area (TPSA) is 43.4 Å². The maximum Gasteiger partial charge on any atom is 0.264 e. The molecule has 0 aliphatic heterocycles. The molecule has 0 N–H and O–H groups in total. The average Bonchev–Trinajstić information content (AvgIpc) is 2.13. The van der Waals surface area contributed by atoms with Crippen LogP contribution in [0.25, 0.3) is 0 Å². The smallest absolute Gasteiger partial charge is 0.262 e. The first-order valence-corrected chi connectivity index (χ1v) is 7.36. The molecule has 1 aromatic rings. The number of hydrogen-bond donors (Lipinski definition) is 0. The summed E-state index contributed by atoms with van der Waals surface area (Å²) in [5.74, 6) is 0. The quantitative estimate of drug-likeness (QED) is 0.781. The molecule has 0 saturated carbocycles. The van der Waals surface area contributed by atoms with Crippen LogP contribution in [-0.4, -0.2) is 14.7 Å². The Bertz CT molecular complexity index is 466. The SMILES string of the molecule is Cc1ccc(C(OS(C)(=O)=O)C(C)(C)C)cc1. The second-order valence-corrected chi connectivity index (χ2v) is 7.06. The molecule has 0 radical (unpaired) electrons. The molecule has 0 saturated heterocycles. The lowest BCUT2D eigenvalue weighted by Gasteiger charge is -2.29. The highest BCUT2D eigenvalue weighted by Crippen LogP contribution is 2.37. The molecule has 0 aliphatic carbocycles. The first-order valence-electron chi connectivity index (χ1n) is 5.54. The van der Waals surface area contributed by atoms with Crippen molar-refractivity contribution in [3.8, 4) is 0 Å². The minimum absolute atomic E-state index is 0.279. The van der Waals surface area contributed by atoms with Crippen LogP contribution in [0.15, 0.2) is 24.3 Å². The van der Waals surface area contributed by atoms with Crippen LogP contribution in [0.4, 0.5) is 0 Å². The van der Waals surface area contributed by atoms with Crippen molar-refractivity contribution in [1.82, 2.24) is 0 Å². The van der Waals surface area contributed by atoms with E-state index in [9.17, 15) is 8.42 Å². The fourth-order valence-corrected chi connectivity index (χ4v) is 2.37. The molecule has 4 heteroatoms. The maximum absolute atomic E-state index is 11.3. The summed E-state index contributed by atoms with van der Waals surface area (Å²) >= 11 is 0. The molecule has 0 bridgehead atoms. The fraction of sp³-hybridized carbons (Fsp3) is 0.538. The molecular weight excluding hydrogens is 236 g/mol. The minimum Gasteiger partial charge on any atom is -0.262 e. The number of benzene rings is 1. The van der Waals surface area contributed by atoms with Crippen molar-refractivity contribution in [3.63, 3.8) is 0 Å². The summed E-state index contributed by atoms with van der Waals surface area (Å²) in [6.07, 6.45) is 0.623. The zero-order valence-corrected chi connectivity index (χ0v) is 11.8. The highest BCUT2D eigenvalue weighted by Gasteiger charge is 2.30. The number of hydrogen-bond acceptors (Lipinski definition) is 3. The number of rotatable bonds is 3. The van der Waals surface area contributed by atoms with Gasteiger partial charge in [0.25, 0.3) is 10.1 Å². The van der Waals surface area contributed by atoms with E-state index in [0.29, 0.717) is 0 Å². The first kappa shape index (κ1) is 14.2. The van der Waals surface area contributed by atoms with Crippen LogP contribution >= 0.6 is 0 Å². The predicted octanol–water partition coefficient (Wildman–Crippen LogP) is 3.06. The van der Waals surface area contributed by atoms with E-state index in [1.807, 2.05) is 52.0 Å². The van der Waals surface area contributed by atoms with Gasteiger partial charge in [0.15, 0.2) is 0 Å². The molecule has 17 heavy (non-hydrogen) atoms. The van der Waals surface area contributed by atoms with Crippen LogP contribution in [0, 0.1) is 12.3 Å². The van der Waals surface area contributed by atoms with Gasteiger partial charge in [0.1, 0.15) is 6.10 Å². The van der Waals surface area contributed by atoms with Gasteiger partial charge < -0.3 is 0 Å². The van der Waals surface area contributed by atoms with E-state index in [1.165, 1.54) is 0 Å². The summed E-state index contributed by atoms with van der Waals surface area (Å²) in [4.78, 5) is 0. The Labute approximate surface area is 104 Å². The molecule has 1 rings (SSSR count). The first-order chi connectivity index (χ1) is 7.59. The van der Waals surface area contributed by atoms with Crippen molar-refractivity contribution in [2.24, 2.45) is 5.41 Å². The molecule has 3 nitrogen and oxygen atoms in total. The molecular formula is C13H20O3S. The van der Waals surface area contributed by atoms with Gasteiger partial charge in [-0.2, -0.15) is 8.42 Å². The van der Waals surface area contributed by atoms with Gasteiger partial charge in [-0.3, -0.25) is 4.18 Å². The molecule has 0 aromatic heterocycles. The Kier molecular flexibility index (Phi) is 3.99. The van der Waals surface area contributed by atoms with E-state index < -0.39 is 16.2 Å². The van der Waals surface area contributed by atoms with Crippen molar-refractivity contribution in [2.75, 3.05) is 6.26 Å². The lowest BCUT2D eigenvalue weighted by molar-refractivity contribution is 0.0945. The average molecular weight is 256 g/mol. The zero-order chi connectivity index (χ0) is 13.3. The third-order valence-corrected chi connectivity index (χ3v) is 2.98. The lowest BCUT2D eigenvalue weighted by Crippen LogP contribution is -2.23. The Balaban J connectivity index is 3.12. The maximum atomic E-state index is 11.3. The largest absolute Gasteiger partial charge is 0.264 e. The van der Waals surface area contributed by atoms with Crippen LogP contribution in [0.5, 0.6) is 0 Å². The molecule has 1 aromatic carbocycles. The van der Waals surface area contributed by atoms with Crippen molar-refractivity contribution < 1.29 is 12.6 Å². The van der Waals surface area contributed by atoms with Crippen LogP contribution in [0.3, 0.4) is 0 Å². The highest BCUT2D eigenvalue weighted by atomic mass is 32.2. The van der Waals surface area contributed by atoms with Gasteiger partial charge in [0.2, 0.25) is 0 Å². The summed E-state index contributed by atoms with van der Waals surface area (Å²) in [6, 6.07) is 7.74. The van der Waals surface area contributed by atoms with E-state index in [2.05, 4.69) is 0 Å². The fourth-order valence-electron chi connectivity index (χ4n) is 1.62. The molecule has 96 valence electrons.